The fourth-order valence-corrected chi connectivity index (χ4v) is 3.47. The van der Waals surface area contributed by atoms with Crippen LogP contribution in [0.25, 0.3) is 0 Å². The van der Waals surface area contributed by atoms with Crippen LogP contribution >= 0.6 is 11.6 Å². The number of alkyl halides is 3. The predicted octanol–water partition coefficient (Wildman–Crippen LogP) is 5.37. The molecule has 0 aliphatic heterocycles. The summed E-state index contributed by atoms with van der Waals surface area (Å²) in [5.41, 5.74) is -0.357. The fourth-order valence-electron chi connectivity index (χ4n) is 2.16. The molecule has 0 unspecified atom stereocenters. The molecular formula is C17H18ClF3N2O2S. The number of halogens is 4. The lowest BCUT2D eigenvalue weighted by Crippen LogP contribution is -2.25. The first-order valence-corrected chi connectivity index (χ1v) is 9.42. The van der Waals surface area contributed by atoms with Gasteiger partial charge in [0.05, 0.1) is 15.5 Å². The molecule has 4 nitrogen and oxygen atoms in total. The molecule has 0 saturated heterocycles. The summed E-state index contributed by atoms with van der Waals surface area (Å²) in [6.07, 6.45) is -4.75. The Morgan fingerprint density at radius 1 is 0.923 bits per heavy atom. The average molecular weight is 407 g/mol. The summed E-state index contributed by atoms with van der Waals surface area (Å²) in [5.74, 6) is 0. The van der Waals surface area contributed by atoms with Gasteiger partial charge in [0.1, 0.15) is 0 Å². The highest BCUT2D eigenvalue weighted by Gasteiger charge is 2.34. The maximum absolute atomic E-state index is 12.9. The van der Waals surface area contributed by atoms with Gasteiger partial charge in [-0.3, -0.25) is 4.72 Å². The van der Waals surface area contributed by atoms with Crippen LogP contribution < -0.4 is 10.0 Å². The molecule has 0 radical (unpaired) electrons. The zero-order valence-corrected chi connectivity index (χ0v) is 15.9. The molecule has 0 heterocycles. The van der Waals surface area contributed by atoms with Crippen molar-refractivity contribution in [2.45, 2.75) is 37.4 Å². The minimum atomic E-state index is -4.75. The first-order chi connectivity index (χ1) is 11.8. The molecule has 0 fully saturated rings. The predicted molar refractivity (Wildman–Crippen MR) is 97.1 cm³/mol. The first-order valence-electron chi connectivity index (χ1n) is 7.56. The third-order valence-electron chi connectivity index (χ3n) is 3.21. The zero-order chi connectivity index (χ0) is 19.8. The number of sulfonamides is 1. The highest BCUT2D eigenvalue weighted by atomic mass is 35.5. The van der Waals surface area contributed by atoms with Crippen LogP contribution in [0.4, 0.5) is 24.5 Å². The molecule has 0 atom stereocenters. The molecule has 2 aromatic rings. The van der Waals surface area contributed by atoms with E-state index in [2.05, 4.69) is 10.0 Å². The van der Waals surface area contributed by atoms with Crippen LogP contribution in [0.1, 0.15) is 26.3 Å². The van der Waals surface area contributed by atoms with E-state index in [0.717, 1.165) is 17.8 Å². The van der Waals surface area contributed by atoms with Crippen molar-refractivity contribution in [3.63, 3.8) is 0 Å². The molecule has 9 heteroatoms. The summed E-state index contributed by atoms with van der Waals surface area (Å²) >= 11 is 5.52. The van der Waals surface area contributed by atoms with E-state index in [1.807, 2.05) is 20.8 Å². The highest BCUT2D eigenvalue weighted by Crippen LogP contribution is 2.36. The molecule has 0 aliphatic carbocycles. The third kappa shape index (κ3) is 5.28. The van der Waals surface area contributed by atoms with Crippen molar-refractivity contribution in [1.82, 2.24) is 0 Å². The molecular weight excluding hydrogens is 389 g/mol. The highest BCUT2D eigenvalue weighted by molar-refractivity contribution is 7.92. The van der Waals surface area contributed by atoms with Crippen molar-refractivity contribution in [2.75, 3.05) is 10.0 Å². The van der Waals surface area contributed by atoms with Crippen molar-refractivity contribution in [3.8, 4) is 0 Å². The Morgan fingerprint density at radius 2 is 1.46 bits per heavy atom. The van der Waals surface area contributed by atoms with Gasteiger partial charge in [-0.05, 0) is 63.2 Å². The van der Waals surface area contributed by atoms with Crippen molar-refractivity contribution >= 4 is 33.0 Å². The summed E-state index contributed by atoms with van der Waals surface area (Å²) in [6, 6.07) is 8.83. The minimum absolute atomic E-state index is 0.168. The van der Waals surface area contributed by atoms with Crippen LogP contribution in [0.2, 0.25) is 5.02 Å². The molecule has 2 N–H and O–H groups in total. The van der Waals surface area contributed by atoms with E-state index in [9.17, 15) is 21.6 Å². The van der Waals surface area contributed by atoms with Gasteiger partial charge >= 0.3 is 6.18 Å². The number of rotatable bonds is 4. The molecule has 142 valence electrons. The largest absolute Gasteiger partial charge is 0.417 e. The number of hydrogen-bond donors (Lipinski definition) is 2. The number of nitrogens with one attached hydrogen (secondary N) is 2. The van der Waals surface area contributed by atoms with Gasteiger partial charge in [0, 0.05) is 16.9 Å². The lowest BCUT2D eigenvalue weighted by Gasteiger charge is -2.22. The molecule has 2 rings (SSSR count). The van der Waals surface area contributed by atoms with E-state index in [-0.39, 0.29) is 11.2 Å². The summed E-state index contributed by atoms with van der Waals surface area (Å²) < 4.78 is 65.7. The van der Waals surface area contributed by atoms with E-state index < -0.39 is 31.7 Å². The zero-order valence-electron chi connectivity index (χ0n) is 14.3. The van der Waals surface area contributed by atoms with Gasteiger partial charge in [-0.2, -0.15) is 13.2 Å². The number of hydrogen-bond acceptors (Lipinski definition) is 3. The maximum Gasteiger partial charge on any atom is 0.417 e. The minimum Gasteiger partial charge on any atom is -0.380 e. The standard InChI is InChI=1S/C17H18ClF3N2O2S/c1-16(2,3)22-11-4-6-12(7-5-11)23-26(24,25)13-8-9-15(18)14(10-13)17(19,20)21/h4-10,22-23H,1-3H3. The van der Waals surface area contributed by atoms with Gasteiger partial charge in [0.15, 0.2) is 0 Å². The molecule has 0 bridgehead atoms. The quantitative estimate of drug-likeness (QED) is 0.717. The molecule has 0 aliphatic rings. The molecule has 0 amide bonds. The van der Waals surface area contributed by atoms with Gasteiger partial charge in [-0.1, -0.05) is 11.6 Å². The summed E-state index contributed by atoms with van der Waals surface area (Å²) in [7, 11) is -4.19. The molecule has 0 spiro atoms. The van der Waals surface area contributed by atoms with Crippen molar-refractivity contribution < 1.29 is 21.6 Å². The second-order valence-electron chi connectivity index (χ2n) is 6.70. The van der Waals surface area contributed by atoms with Gasteiger partial charge in [0.25, 0.3) is 10.0 Å². The summed E-state index contributed by atoms with van der Waals surface area (Å²) in [5, 5.41) is 2.66. The van der Waals surface area contributed by atoms with E-state index in [1.165, 1.54) is 12.1 Å². The lowest BCUT2D eigenvalue weighted by atomic mass is 10.1. The molecule has 0 aromatic heterocycles. The van der Waals surface area contributed by atoms with Crippen LogP contribution in [0.3, 0.4) is 0 Å². The summed E-state index contributed by atoms with van der Waals surface area (Å²) in [6.45, 7) is 5.92. The Morgan fingerprint density at radius 3 is 1.96 bits per heavy atom. The normalized spacial score (nSPS) is 12.7. The number of anilines is 2. The van der Waals surface area contributed by atoms with E-state index in [4.69, 9.17) is 11.6 Å². The molecule has 0 saturated carbocycles. The second kappa shape index (κ2) is 7.00. The van der Waals surface area contributed by atoms with Crippen LogP contribution in [-0.4, -0.2) is 14.0 Å². The Bertz CT molecular complexity index is 890. The second-order valence-corrected chi connectivity index (χ2v) is 8.79. The van der Waals surface area contributed by atoms with E-state index in [1.54, 1.807) is 12.1 Å². The maximum atomic E-state index is 12.9. The van der Waals surface area contributed by atoms with Crippen LogP contribution in [0.5, 0.6) is 0 Å². The van der Waals surface area contributed by atoms with Gasteiger partial charge in [-0.25, -0.2) is 8.42 Å². The lowest BCUT2D eigenvalue weighted by molar-refractivity contribution is -0.137. The smallest absolute Gasteiger partial charge is 0.380 e. The SMILES string of the molecule is CC(C)(C)Nc1ccc(NS(=O)(=O)c2ccc(Cl)c(C(F)(F)F)c2)cc1. The van der Waals surface area contributed by atoms with E-state index in [0.29, 0.717) is 6.07 Å². The Balaban J connectivity index is 2.26. The van der Waals surface area contributed by atoms with Gasteiger partial charge < -0.3 is 5.32 Å². The van der Waals surface area contributed by atoms with Crippen LogP contribution in [0.15, 0.2) is 47.4 Å². The monoisotopic (exact) mass is 406 g/mol. The van der Waals surface area contributed by atoms with Crippen LogP contribution in [0, 0.1) is 0 Å². The molecule has 2 aromatic carbocycles. The Labute approximate surface area is 155 Å². The van der Waals surface area contributed by atoms with Crippen molar-refractivity contribution in [2.24, 2.45) is 0 Å². The summed E-state index contributed by atoms with van der Waals surface area (Å²) in [4.78, 5) is -0.522. The first kappa shape index (κ1) is 20.4. The number of benzene rings is 2. The van der Waals surface area contributed by atoms with Gasteiger partial charge in [-0.15, -0.1) is 0 Å². The van der Waals surface area contributed by atoms with E-state index >= 15 is 0 Å². The van der Waals surface area contributed by atoms with Crippen molar-refractivity contribution in [1.29, 1.82) is 0 Å². The molecule has 26 heavy (non-hydrogen) atoms. The van der Waals surface area contributed by atoms with Crippen LogP contribution in [-0.2, 0) is 16.2 Å². The Kier molecular flexibility index (Phi) is 5.49. The fraction of sp³-hybridized carbons (Fsp3) is 0.294. The van der Waals surface area contributed by atoms with Gasteiger partial charge in [0.2, 0.25) is 0 Å². The van der Waals surface area contributed by atoms with Crippen molar-refractivity contribution in [3.05, 3.63) is 53.1 Å². The third-order valence-corrected chi connectivity index (χ3v) is 4.92. The Hall–Kier alpha value is -1.93. The average Bonchev–Trinajstić information content (AvgIpc) is 2.46. The topological polar surface area (TPSA) is 58.2 Å².